The molecular formula is C27H30Cl2N4O3. The number of ether oxygens (including phenoxy) is 2. The molecule has 0 radical (unpaired) electrons. The van der Waals surface area contributed by atoms with Crippen molar-refractivity contribution < 1.29 is 14.3 Å². The molecule has 0 spiro atoms. The van der Waals surface area contributed by atoms with Gasteiger partial charge in [0.15, 0.2) is 5.82 Å². The van der Waals surface area contributed by atoms with E-state index < -0.39 is 5.60 Å². The molecule has 190 valence electrons. The van der Waals surface area contributed by atoms with Crippen LogP contribution in [0.4, 0.5) is 4.79 Å². The van der Waals surface area contributed by atoms with E-state index in [1.165, 1.54) is 0 Å². The van der Waals surface area contributed by atoms with Crippen molar-refractivity contribution in [1.29, 1.82) is 0 Å². The molecule has 36 heavy (non-hydrogen) atoms. The summed E-state index contributed by atoms with van der Waals surface area (Å²) in [6.45, 7) is 6.27. The van der Waals surface area contributed by atoms with Crippen LogP contribution >= 0.6 is 23.2 Å². The fourth-order valence-corrected chi connectivity index (χ4v) is 5.29. The molecule has 1 fully saturated rings. The fraction of sp³-hybridized carbons (Fsp3) is 0.444. The molecule has 1 aromatic heterocycles. The van der Waals surface area contributed by atoms with Crippen molar-refractivity contribution in [3.63, 3.8) is 0 Å². The van der Waals surface area contributed by atoms with Gasteiger partial charge < -0.3 is 9.47 Å². The normalized spacial score (nSPS) is 19.8. The number of rotatable bonds is 3. The van der Waals surface area contributed by atoms with Crippen LogP contribution in [0, 0.1) is 0 Å². The van der Waals surface area contributed by atoms with Crippen molar-refractivity contribution in [3.05, 3.63) is 69.7 Å². The molecule has 5 rings (SSSR count). The molecule has 1 aliphatic heterocycles. The first-order valence-electron chi connectivity index (χ1n) is 12.3. The highest BCUT2D eigenvalue weighted by atomic mass is 35.5. The van der Waals surface area contributed by atoms with Crippen molar-refractivity contribution in [3.8, 4) is 11.4 Å². The lowest BCUT2D eigenvalue weighted by Gasteiger charge is -2.29. The Kier molecular flexibility index (Phi) is 6.88. The van der Waals surface area contributed by atoms with Gasteiger partial charge in [-0.1, -0.05) is 29.3 Å². The molecule has 0 unspecified atom stereocenters. The number of nitrogens with zero attached hydrogens (tertiary/aromatic N) is 4. The third-order valence-corrected chi connectivity index (χ3v) is 6.99. The van der Waals surface area contributed by atoms with Gasteiger partial charge in [-0.3, -0.25) is 9.47 Å². The van der Waals surface area contributed by atoms with E-state index in [-0.39, 0.29) is 18.1 Å². The zero-order valence-corrected chi connectivity index (χ0v) is 22.2. The highest BCUT2D eigenvalue weighted by molar-refractivity contribution is 6.31. The highest BCUT2D eigenvalue weighted by Crippen LogP contribution is 2.37. The minimum absolute atomic E-state index is 0.139. The minimum atomic E-state index is -0.592. The number of hydrogen-bond acceptors (Lipinski definition) is 5. The van der Waals surface area contributed by atoms with Gasteiger partial charge in [0.1, 0.15) is 17.2 Å². The van der Waals surface area contributed by atoms with Gasteiger partial charge >= 0.3 is 6.09 Å². The van der Waals surface area contributed by atoms with Gasteiger partial charge in [-0.2, -0.15) is 0 Å². The molecule has 0 bridgehead atoms. The summed E-state index contributed by atoms with van der Waals surface area (Å²) in [5.41, 5.74) is 1.30. The maximum atomic E-state index is 13.0. The molecular weight excluding hydrogens is 499 g/mol. The van der Waals surface area contributed by atoms with Crippen molar-refractivity contribution in [1.82, 2.24) is 19.7 Å². The Bertz CT molecular complexity index is 1260. The summed E-state index contributed by atoms with van der Waals surface area (Å²) in [5.74, 6) is 2.67. The number of carbonyl (C=O) groups excluding carboxylic acids is 1. The van der Waals surface area contributed by atoms with Gasteiger partial charge in [0.05, 0.1) is 24.9 Å². The lowest BCUT2D eigenvalue weighted by Crippen LogP contribution is -2.35. The van der Waals surface area contributed by atoms with Crippen LogP contribution in [0.25, 0.3) is 5.69 Å². The summed E-state index contributed by atoms with van der Waals surface area (Å²) >= 11 is 12.5. The predicted molar refractivity (Wildman–Crippen MR) is 139 cm³/mol. The Morgan fingerprint density at radius 2 is 1.72 bits per heavy atom. The Balaban J connectivity index is 1.38. The third-order valence-electron chi connectivity index (χ3n) is 6.52. The molecule has 9 heteroatoms. The maximum Gasteiger partial charge on any atom is 0.411 e. The van der Waals surface area contributed by atoms with Crippen LogP contribution in [0.2, 0.25) is 10.0 Å². The Morgan fingerprint density at radius 1 is 0.972 bits per heavy atom. The first-order chi connectivity index (χ1) is 17.2. The van der Waals surface area contributed by atoms with E-state index in [0.717, 1.165) is 48.5 Å². The standard InChI is InChI=1S/C27H30Cl2N4O3/c1-27(2,3)36-26(34)32-15-18-13-20(29)9-12-23(18)33-24(16-32)30-31-25(33)17-7-10-21(11-8-17)35-22-6-4-5-19(28)14-22/h4-6,9,12-14,17,21H,7-8,10-11,15-16H2,1-3H3. The number of benzene rings is 2. The molecule has 7 nitrogen and oxygen atoms in total. The highest BCUT2D eigenvalue weighted by Gasteiger charge is 2.33. The molecule has 2 aliphatic rings. The van der Waals surface area contributed by atoms with E-state index in [0.29, 0.717) is 29.0 Å². The number of amides is 1. The van der Waals surface area contributed by atoms with Gasteiger partial charge in [-0.15, -0.1) is 10.2 Å². The molecule has 0 N–H and O–H groups in total. The maximum absolute atomic E-state index is 13.0. The van der Waals surface area contributed by atoms with E-state index in [4.69, 9.17) is 32.7 Å². The summed E-state index contributed by atoms with van der Waals surface area (Å²) in [6, 6.07) is 13.3. The summed E-state index contributed by atoms with van der Waals surface area (Å²) < 4.78 is 14.0. The van der Waals surface area contributed by atoms with Crippen molar-refractivity contribution in [2.45, 2.75) is 77.2 Å². The van der Waals surface area contributed by atoms with Crippen LogP contribution in [0.1, 0.15) is 69.6 Å². The van der Waals surface area contributed by atoms with E-state index in [9.17, 15) is 4.79 Å². The number of fused-ring (bicyclic) bond motifs is 3. The Hall–Kier alpha value is -2.77. The average Bonchev–Trinajstić information content (AvgIpc) is 3.14. The monoisotopic (exact) mass is 528 g/mol. The molecule has 0 saturated heterocycles. The first-order valence-corrected chi connectivity index (χ1v) is 13.0. The summed E-state index contributed by atoms with van der Waals surface area (Å²) in [7, 11) is 0. The van der Waals surface area contributed by atoms with Gasteiger partial charge in [-0.25, -0.2) is 4.79 Å². The molecule has 0 atom stereocenters. The third kappa shape index (κ3) is 5.47. The molecule has 1 saturated carbocycles. The van der Waals surface area contributed by atoms with Gasteiger partial charge in [0, 0.05) is 16.0 Å². The lowest BCUT2D eigenvalue weighted by molar-refractivity contribution is 0.0214. The molecule has 2 aromatic carbocycles. The second kappa shape index (κ2) is 9.94. The van der Waals surface area contributed by atoms with Gasteiger partial charge in [0.25, 0.3) is 0 Å². The van der Waals surface area contributed by atoms with Gasteiger partial charge in [0.2, 0.25) is 0 Å². The Labute approximate surface area is 221 Å². The fourth-order valence-electron chi connectivity index (χ4n) is 4.92. The van der Waals surface area contributed by atoms with E-state index in [2.05, 4.69) is 14.8 Å². The zero-order valence-electron chi connectivity index (χ0n) is 20.7. The van der Waals surface area contributed by atoms with Crippen molar-refractivity contribution in [2.24, 2.45) is 0 Å². The SMILES string of the molecule is CC(C)(C)OC(=O)N1Cc2cc(Cl)ccc2-n2c(nnc2C2CCC(Oc3cccc(Cl)c3)CC2)C1. The van der Waals surface area contributed by atoms with E-state index in [1.807, 2.05) is 63.2 Å². The number of halogens is 2. The summed E-state index contributed by atoms with van der Waals surface area (Å²) in [4.78, 5) is 14.6. The first kappa shape index (κ1) is 24.9. The molecule has 1 aliphatic carbocycles. The number of hydrogen-bond donors (Lipinski definition) is 0. The van der Waals surface area contributed by atoms with Crippen LogP contribution in [-0.2, 0) is 17.8 Å². The number of aromatic nitrogens is 3. The zero-order chi connectivity index (χ0) is 25.4. The second-order valence-corrected chi connectivity index (χ2v) is 11.3. The van der Waals surface area contributed by atoms with Crippen LogP contribution in [0.15, 0.2) is 42.5 Å². The smallest absolute Gasteiger partial charge is 0.411 e. The second-order valence-electron chi connectivity index (χ2n) is 10.5. The Morgan fingerprint density at radius 3 is 2.44 bits per heavy atom. The van der Waals surface area contributed by atoms with E-state index >= 15 is 0 Å². The van der Waals surface area contributed by atoms with Gasteiger partial charge in [-0.05, 0) is 88.4 Å². The number of carbonyl (C=O) groups is 1. The molecule has 1 amide bonds. The predicted octanol–water partition coefficient (Wildman–Crippen LogP) is 6.93. The van der Waals surface area contributed by atoms with Crippen LogP contribution in [0.3, 0.4) is 0 Å². The summed E-state index contributed by atoms with van der Waals surface area (Å²) in [5, 5.41) is 10.4. The van der Waals surface area contributed by atoms with Crippen molar-refractivity contribution in [2.75, 3.05) is 0 Å². The quantitative estimate of drug-likeness (QED) is 0.368. The van der Waals surface area contributed by atoms with Crippen LogP contribution in [-0.4, -0.2) is 37.5 Å². The van der Waals surface area contributed by atoms with E-state index in [1.54, 1.807) is 4.90 Å². The summed E-state index contributed by atoms with van der Waals surface area (Å²) in [6.07, 6.45) is 3.45. The largest absolute Gasteiger partial charge is 0.490 e. The topological polar surface area (TPSA) is 69.5 Å². The van der Waals surface area contributed by atoms with Crippen LogP contribution in [0.5, 0.6) is 5.75 Å². The average molecular weight is 529 g/mol. The van der Waals surface area contributed by atoms with Crippen molar-refractivity contribution >= 4 is 29.3 Å². The molecule has 2 heterocycles. The van der Waals surface area contributed by atoms with Crippen LogP contribution < -0.4 is 4.74 Å². The minimum Gasteiger partial charge on any atom is -0.490 e. The lowest BCUT2D eigenvalue weighted by atomic mass is 9.86. The molecule has 3 aromatic rings.